The minimum atomic E-state index is -0.678. The second-order valence-corrected chi connectivity index (χ2v) is 13.6. The maximum absolute atomic E-state index is 13.0. The first-order valence-corrected chi connectivity index (χ1v) is 17.9. The molecule has 1 unspecified atom stereocenters. The van der Waals surface area contributed by atoms with Gasteiger partial charge in [-0.25, -0.2) is 4.79 Å². The van der Waals surface area contributed by atoms with Crippen molar-refractivity contribution in [1.29, 1.82) is 0 Å². The molecule has 1 atom stereocenters. The van der Waals surface area contributed by atoms with Crippen LogP contribution in [-0.2, 0) is 29.6 Å². The molecule has 5 aromatic rings. The molecule has 13 nitrogen and oxygen atoms in total. The Morgan fingerprint density at radius 2 is 1.65 bits per heavy atom. The summed E-state index contributed by atoms with van der Waals surface area (Å²) in [5.74, 6) is 0.687. The number of ether oxygens (including phenoxy) is 1. The predicted octanol–water partition coefficient (Wildman–Crippen LogP) is 4.18. The Kier molecular flexibility index (Phi) is 10.2. The van der Waals surface area contributed by atoms with E-state index in [-0.39, 0.29) is 23.8 Å². The molecule has 0 aliphatic carbocycles. The van der Waals surface area contributed by atoms with E-state index in [1.54, 1.807) is 23.7 Å². The summed E-state index contributed by atoms with van der Waals surface area (Å²) in [5, 5.41) is 21.0. The van der Waals surface area contributed by atoms with Crippen LogP contribution in [0.5, 0.6) is 11.5 Å². The van der Waals surface area contributed by atoms with Crippen molar-refractivity contribution in [3.8, 4) is 22.8 Å². The van der Waals surface area contributed by atoms with E-state index in [0.29, 0.717) is 35.6 Å². The molecule has 0 saturated carbocycles. The molecule has 2 aromatic heterocycles. The highest BCUT2D eigenvalue weighted by Crippen LogP contribution is 2.32. The summed E-state index contributed by atoms with van der Waals surface area (Å²) in [4.78, 5) is 41.7. The lowest BCUT2D eigenvalue weighted by atomic mass is 10.0. The van der Waals surface area contributed by atoms with Gasteiger partial charge < -0.3 is 20.5 Å². The molecule has 4 heterocycles. The maximum Gasteiger partial charge on any atom is 0.329 e. The summed E-state index contributed by atoms with van der Waals surface area (Å²) < 4.78 is 9.13. The van der Waals surface area contributed by atoms with E-state index < -0.39 is 11.9 Å². The number of aromatic hydroxyl groups is 1. The number of unbranched alkanes of at least 4 members (excludes halogenated alkanes) is 2. The van der Waals surface area contributed by atoms with Crippen LogP contribution in [0.3, 0.4) is 0 Å². The number of phenolic OH excluding ortho intramolecular Hbond substituents is 1. The number of hydrogen-bond donors (Lipinski definition) is 3. The number of carbonyl (C=O) groups is 2. The largest absolute Gasteiger partial charge is 0.507 e. The summed E-state index contributed by atoms with van der Waals surface area (Å²) in [5.41, 5.74) is 11.9. The zero-order valence-electron chi connectivity index (χ0n) is 29.3. The van der Waals surface area contributed by atoms with Crippen LogP contribution in [0.2, 0.25) is 0 Å². The third-order valence-corrected chi connectivity index (χ3v) is 10.1. The summed E-state index contributed by atoms with van der Waals surface area (Å²) in [6, 6.07) is 22.6. The van der Waals surface area contributed by atoms with Crippen LogP contribution in [0.1, 0.15) is 49.3 Å². The van der Waals surface area contributed by atoms with Crippen LogP contribution >= 0.6 is 0 Å². The molecule has 0 bridgehead atoms. The van der Waals surface area contributed by atoms with Crippen molar-refractivity contribution in [3.63, 3.8) is 0 Å². The van der Waals surface area contributed by atoms with Gasteiger partial charge >= 0.3 is 5.69 Å². The fourth-order valence-corrected chi connectivity index (χ4v) is 7.15. The van der Waals surface area contributed by atoms with E-state index in [4.69, 9.17) is 10.5 Å². The van der Waals surface area contributed by atoms with Crippen LogP contribution in [0, 0.1) is 0 Å². The van der Waals surface area contributed by atoms with E-state index in [1.165, 1.54) is 10.1 Å². The van der Waals surface area contributed by atoms with Crippen molar-refractivity contribution in [2.45, 2.75) is 51.1 Å². The van der Waals surface area contributed by atoms with Crippen LogP contribution in [0.25, 0.3) is 22.3 Å². The fraction of sp³-hybridized carbons (Fsp3) is 0.359. The Balaban J connectivity index is 0.836. The van der Waals surface area contributed by atoms with Gasteiger partial charge in [-0.15, -0.1) is 10.2 Å². The lowest BCUT2D eigenvalue weighted by Gasteiger charge is -2.36. The molecule has 270 valence electrons. The molecule has 13 heteroatoms. The Hall–Kier alpha value is -5.69. The van der Waals surface area contributed by atoms with Gasteiger partial charge in [0, 0.05) is 51.8 Å². The number of amides is 2. The van der Waals surface area contributed by atoms with Crippen molar-refractivity contribution >= 4 is 34.4 Å². The number of benzene rings is 3. The molecule has 7 rings (SSSR count). The minimum absolute atomic E-state index is 0.162. The van der Waals surface area contributed by atoms with Gasteiger partial charge in [0.15, 0.2) is 5.82 Å². The topological polar surface area (TPSA) is 161 Å². The van der Waals surface area contributed by atoms with Crippen LogP contribution < -0.4 is 26.4 Å². The number of nitrogens with one attached hydrogen (secondary N) is 1. The first-order valence-electron chi connectivity index (χ1n) is 17.9. The zero-order valence-corrected chi connectivity index (χ0v) is 29.3. The summed E-state index contributed by atoms with van der Waals surface area (Å²) >= 11 is 0. The van der Waals surface area contributed by atoms with Crippen molar-refractivity contribution in [2.75, 3.05) is 43.4 Å². The van der Waals surface area contributed by atoms with Crippen molar-refractivity contribution in [1.82, 2.24) is 29.5 Å². The van der Waals surface area contributed by atoms with E-state index in [0.717, 1.165) is 80.9 Å². The van der Waals surface area contributed by atoms with Gasteiger partial charge in [-0.05, 0) is 85.7 Å². The number of imidazole rings is 1. The second kappa shape index (κ2) is 15.3. The summed E-state index contributed by atoms with van der Waals surface area (Å²) in [7, 11) is 1.72. The van der Waals surface area contributed by atoms with E-state index in [1.807, 2.05) is 48.5 Å². The quantitative estimate of drug-likeness (QED) is 0.127. The highest BCUT2D eigenvalue weighted by molar-refractivity contribution is 6.00. The number of phenols is 1. The molecule has 2 aliphatic rings. The predicted molar refractivity (Wildman–Crippen MR) is 199 cm³/mol. The second-order valence-electron chi connectivity index (χ2n) is 13.6. The number of nitrogen functional groups attached to an aromatic ring is 1. The van der Waals surface area contributed by atoms with Crippen molar-refractivity contribution in [3.05, 3.63) is 94.4 Å². The smallest absolute Gasteiger partial charge is 0.329 e. The van der Waals surface area contributed by atoms with Crippen LogP contribution in [0.15, 0.2) is 77.6 Å². The van der Waals surface area contributed by atoms with Crippen molar-refractivity contribution < 1.29 is 19.4 Å². The number of aryl methyl sites for hydroxylation is 2. The SMILES string of the molecule is Cn1c(=O)n(C2CCC(=O)NC2=O)c2ccc(CCCCCOc3ccc(CN4CCN(c5cc(-c6ccccc6O)nnc5N)CC4)cc3)cc21. The van der Waals surface area contributed by atoms with Gasteiger partial charge in [-0.3, -0.25) is 28.9 Å². The van der Waals surface area contributed by atoms with E-state index in [9.17, 15) is 19.5 Å². The third-order valence-electron chi connectivity index (χ3n) is 10.1. The number of imide groups is 1. The number of fused-ring (bicyclic) bond motifs is 1. The number of rotatable bonds is 12. The molecule has 4 N–H and O–H groups in total. The van der Waals surface area contributed by atoms with E-state index >= 15 is 0 Å². The maximum atomic E-state index is 13.0. The van der Waals surface area contributed by atoms with Gasteiger partial charge in [-0.1, -0.05) is 30.3 Å². The number of piperidine rings is 1. The first kappa shape index (κ1) is 34.7. The Morgan fingerprint density at radius 1 is 0.885 bits per heavy atom. The first-order chi connectivity index (χ1) is 25.2. The highest BCUT2D eigenvalue weighted by Gasteiger charge is 2.31. The van der Waals surface area contributed by atoms with Crippen LogP contribution in [0.4, 0.5) is 11.5 Å². The molecule has 52 heavy (non-hydrogen) atoms. The number of nitrogens with two attached hydrogens (primary N) is 1. The van der Waals surface area contributed by atoms with Gasteiger partial charge in [0.25, 0.3) is 0 Å². The number of piperazine rings is 1. The minimum Gasteiger partial charge on any atom is -0.507 e. The average molecular weight is 705 g/mol. The number of hydrogen-bond acceptors (Lipinski definition) is 10. The number of carbonyl (C=O) groups excluding carboxylic acids is 2. The third kappa shape index (κ3) is 7.49. The highest BCUT2D eigenvalue weighted by atomic mass is 16.5. The summed E-state index contributed by atoms with van der Waals surface area (Å²) in [6.45, 7) is 4.87. The lowest BCUT2D eigenvalue weighted by molar-refractivity contribution is -0.135. The molecule has 2 fully saturated rings. The monoisotopic (exact) mass is 704 g/mol. The Morgan fingerprint density at radius 3 is 2.42 bits per heavy atom. The molecule has 2 saturated heterocycles. The van der Waals surface area contributed by atoms with Gasteiger partial charge in [-0.2, -0.15) is 0 Å². The molecule has 3 aromatic carbocycles. The zero-order chi connectivity index (χ0) is 36.2. The van der Waals surface area contributed by atoms with Crippen LogP contribution in [-0.4, -0.2) is 73.9 Å². The molecule has 0 radical (unpaired) electrons. The van der Waals surface area contributed by atoms with Gasteiger partial charge in [0.1, 0.15) is 17.5 Å². The number of aromatic nitrogens is 4. The molecule has 0 spiro atoms. The number of nitrogens with zero attached hydrogens (tertiary/aromatic N) is 6. The fourth-order valence-electron chi connectivity index (χ4n) is 7.15. The van der Waals surface area contributed by atoms with Gasteiger partial charge in [0.2, 0.25) is 11.8 Å². The Bertz CT molecular complexity index is 2140. The standard InChI is InChI=1S/C39H44N8O5/c1-44-33-23-26(12-15-31(33)47(39(44)51)32-16-17-36(49)41-38(32)50)7-3-2-6-22-52-28-13-10-27(11-14-28)25-45-18-20-46(21-19-45)34-24-30(42-43-37(34)40)29-8-4-5-9-35(29)48/h4-5,8-15,23-24,32,48H,2-3,6-7,16-22,25H2,1H3,(H2,40,43)(H,41,49,50). The lowest BCUT2D eigenvalue weighted by Crippen LogP contribution is -2.46. The number of para-hydroxylation sites is 1. The normalized spacial score (nSPS) is 16.7. The average Bonchev–Trinajstić information content (AvgIpc) is 3.39. The number of anilines is 2. The van der Waals surface area contributed by atoms with E-state index in [2.05, 4.69) is 37.4 Å². The molecule has 2 aliphatic heterocycles. The molecular formula is C39H44N8O5. The van der Waals surface area contributed by atoms with Gasteiger partial charge in [0.05, 0.1) is 29.0 Å². The molecular weight excluding hydrogens is 660 g/mol. The summed E-state index contributed by atoms with van der Waals surface area (Å²) in [6.07, 6.45) is 4.36. The van der Waals surface area contributed by atoms with Crippen molar-refractivity contribution in [2.24, 2.45) is 7.05 Å². The molecule has 2 amide bonds. The Labute approximate surface area is 301 Å².